The molecule has 0 saturated carbocycles. The molecule has 0 unspecified atom stereocenters. The van der Waals surface area contributed by atoms with Crippen molar-refractivity contribution in [2.45, 2.75) is 0 Å². The molecule has 0 radical (unpaired) electrons. The topological polar surface area (TPSA) is 86.6 Å². The Morgan fingerprint density at radius 3 is 2.48 bits per heavy atom. The predicted octanol–water partition coefficient (Wildman–Crippen LogP) is 3.14. The van der Waals surface area contributed by atoms with Crippen molar-refractivity contribution in [1.29, 1.82) is 0 Å². The van der Waals surface area contributed by atoms with E-state index < -0.39 is 17.7 Å². The van der Waals surface area contributed by atoms with E-state index in [1.807, 2.05) is 0 Å². The molecule has 0 aromatic heterocycles. The van der Waals surface area contributed by atoms with Crippen molar-refractivity contribution >= 4 is 29.2 Å². The largest absolute Gasteiger partial charge is 0.508 e. The zero-order valence-corrected chi connectivity index (χ0v) is 11.2. The fraction of sp³-hybridized carbons (Fsp3) is 0. The van der Waals surface area contributed by atoms with Gasteiger partial charge in [-0.2, -0.15) is 0 Å². The quantitative estimate of drug-likeness (QED) is 0.813. The summed E-state index contributed by atoms with van der Waals surface area (Å²) < 4.78 is 13.6. The minimum Gasteiger partial charge on any atom is -0.508 e. The molecule has 21 heavy (non-hydrogen) atoms. The Bertz CT molecular complexity index is 733. The van der Waals surface area contributed by atoms with E-state index in [1.54, 1.807) is 0 Å². The Kier molecular flexibility index (Phi) is 4.09. The number of phenols is 1. The number of carboxylic acid groups (broad SMARTS) is 1. The summed E-state index contributed by atoms with van der Waals surface area (Å²) in [5.41, 5.74) is -0.678. The standard InChI is InChI=1S/C14H9ClFNO4/c15-10-3-1-2-9(14(20)21)12(10)17-13(19)8-5-4-7(18)6-11(8)16/h1-6,18H,(H,17,19)(H,20,21). The molecule has 7 heteroatoms. The molecular formula is C14H9ClFNO4. The SMILES string of the molecule is O=C(Nc1c(Cl)cccc1C(=O)O)c1ccc(O)cc1F. The van der Waals surface area contributed by atoms with Crippen molar-refractivity contribution in [3.8, 4) is 5.75 Å². The normalized spacial score (nSPS) is 10.2. The highest BCUT2D eigenvalue weighted by molar-refractivity contribution is 6.34. The number of para-hydroxylation sites is 1. The lowest BCUT2D eigenvalue weighted by molar-refractivity contribution is 0.0698. The molecule has 0 bridgehead atoms. The van der Waals surface area contributed by atoms with E-state index in [0.29, 0.717) is 0 Å². The van der Waals surface area contributed by atoms with Gasteiger partial charge >= 0.3 is 5.97 Å². The average Bonchev–Trinajstić information content (AvgIpc) is 2.40. The summed E-state index contributed by atoms with van der Waals surface area (Å²) in [6, 6.07) is 7.08. The van der Waals surface area contributed by atoms with Crippen molar-refractivity contribution in [1.82, 2.24) is 0 Å². The van der Waals surface area contributed by atoms with E-state index in [1.165, 1.54) is 18.2 Å². The molecule has 1 amide bonds. The van der Waals surface area contributed by atoms with Crippen LogP contribution in [0.25, 0.3) is 0 Å². The van der Waals surface area contributed by atoms with Gasteiger partial charge in [0, 0.05) is 6.07 Å². The first-order valence-corrected chi connectivity index (χ1v) is 6.09. The molecule has 0 atom stereocenters. The summed E-state index contributed by atoms with van der Waals surface area (Å²) in [5.74, 6) is -3.41. The molecule has 0 saturated heterocycles. The lowest BCUT2D eigenvalue weighted by Gasteiger charge is -2.11. The maximum absolute atomic E-state index is 13.6. The van der Waals surface area contributed by atoms with Crippen molar-refractivity contribution in [3.63, 3.8) is 0 Å². The molecule has 0 aliphatic rings. The van der Waals surface area contributed by atoms with Crippen LogP contribution in [-0.2, 0) is 0 Å². The summed E-state index contributed by atoms with van der Waals surface area (Å²) in [5, 5.41) is 20.4. The van der Waals surface area contributed by atoms with Crippen LogP contribution in [0.4, 0.5) is 10.1 Å². The Labute approximate surface area is 123 Å². The molecule has 0 aliphatic heterocycles. The third-order valence-corrected chi connectivity index (χ3v) is 2.99. The first kappa shape index (κ1) is 14.8. The van der Waals surface area contributed by atoms with Crippen LogP contribution < -0.4 is 5.32 Å². The van der Waals surface area contributed by atoms with Crippen LogP contribution in [0.3, 0.4) is 0 Å². The van der Waals surface area contributed by atoms with Gasteiger partial charge in [-0.25, -0.2) is 9.18 Å². The molecule has 0 spiro atoms. The molecule has 0 aliphatic carbocycles. The maximum Gasteiger partial charge on any atom is 0.337 e. The van der Waals surface area contributed by atoms with E-state index in [2.05, 4.69) is 5.32 Å². The van der Waals surface area contributed by atoms with Crippen LogP contribution in [0.1, 0.15) is 20.7 Å². The summed E-state index contributed by atoms with van der Waals surface area (Å²) in [6.07, 6.45) is 0. The zero-order valence-electron chi connectivity index (χ0n) is 10.4. The van der Waals surface area contributed by atoms with Crippen molar-refractivity contribution in [2.75, 3.05) is 5.32 Å². The minimum absolute atomic E-state index is 0.0161. The van der Waals surface area contributed by atoms with Gasteiger partial charge in [0.05, 0.1) is 21.8 Å². The number of halogens is 2. The summed E-state index contributed by atoms with van der Waals surface area (Å²) in [4.78, 5) is 23.1. The van der Waals surface area contributed by atoms with E-state index >= 15 is 0 Å². The number of aromatic hydroxyl groups is 1. The van der Waals surface area contributed by atoms with Crippen LogP contribution in [0.15, 0.2) is 36.4 Å². The summed E-state index contributed by atoms with van der Waals surface area (Å²) in [7, 11) is 0. The second-order valence-corrected chi connectivity index (χ2v) is 4.49. The highest BCUT2D eigenvalue weighted by atomic mass is 35.5. The first-order valence-electron chi connectivity index (χ1n) is 5.72. The number of rotatable bonds is 3. The number of hydrogen-bond donors (Lipinski definition) is 3. The number of benzene rings is 2. The monoisotopic (exact) mass is 309 g/mol. The van der Waals surface area contributed by atoms with Crippen LogP contribution in [-0.4, -0.2) is 22.1 Å². The van der Waals surface area contributed by atoms with Crippen LogP contribution in [0.5, 0.6) is 5.75 Å². The number of nitrogens with one attached hydrogen (secondary N) is 1. The van der Waals surface area contributed by atoms with Gasteiger partial charge in [0.2, 0.25) is 0 Å². The summed E-state index contributed by atoms with van der Waals surface area (Å²) >= 11 is 5.86. The van der Waals surface area contributed by atoms with Gasteiger partial charge in [-0.05, 0) is 24.3 Å². The van der Waals surface area contributed by atoms with Crippen molar-refractivity contribution < 1.29 is 24.2 Å². The molecule has 2 aromatic carbocycles. The van der Waals surface area contributed by atoms with Gasteiger partial charge in [-0.15, -0.1) is 0 Å². The Morgan fingerprint density at radius 2 is 1.86 bits per heavy atom. The molecule has 0 fully saturated rings. The van der Waals surface area contributed by atoms with Gasteiger partial charge in [0.15, 0.2) is 0 Å². The Morgan fingerprint density at radius 1 is 1.14 bits per heavy atom. The Hall–Kier alpha value is -2.60. The lowest BCUT2D eigenvalue weighted by Crippen LogP contribution is -2.16. The number of hydrogen-bond acceptors (Lipinski definition) is 3. The number of aromatic carboxylic acids is 1. The fourth-order valence-corrected chi connectivity index (χ4v) is 1.92. The third-order valence-electron chi connectivity index (χ3n) is 2.68. The van der Waals surface area contributed by atoms with E-state index in [4.69, 9.17) is 21.8 Å². The van der Waals surface area contributed by atoms with Gasteiger partial charge in [0.25, 0.3) is 5.91 Å². The summed E-state index contributed by atoms with van der Waals surface area (Å²) in [6.45, 7) is 0. The zero-order chi connectivity index (χ0) is 15.6. The van der Waals surface area contributed by atoms with Crippen LogP contribution in [0.2, 0.25) is 5.02 Å². The average molecular weight is 310 g/mol. The van der Waals surface area contributed by atoms with Gasteiger partial charge in [-0.1, -0.05) is 17.7 Å². The van der Waals surface area contributed by atoms with Gasteiger partial charge in [0.1, 0.15) is 11.6 Å². The molecule has 0 heterocycles. The number of carbonyl (C=O) groups excluding carboxylic acids is 1. The lowest BCUT2D eigenvalue weighted by atomic mass is 10.1. The van der Waals surface area contributed by atoms with Crippen LogP contribution >= 0.6 is 11.6 Å². The number of carboxylic acids is 1. The second-order valence-electron chi connectivity index (χ2n) is 4.09. The number of amides is 1. The second kappa shape index (κ2) is 5.80. The van der Waals surface area contributed by atoms with Crippen molar-refractivity contribution in [2.24, 2.45) is 0 Å². The maximum atomic E-state index is 13.6. The third kappa shape index (κ3) is 3.11. The minimum atomic E-state index is -1.28. The van der Waals surface area contributed by atoms with E-state index in [0.717, 1.165) is 18.2 Å². The number of anilines is 1. The highest BCUT2D eigenvalue weighted by Gasteiger charge is 2.18. The molecule has 2 rings (SSSR count). The molecular weight excluding hydrogens is 301 g/mol. The van der Waals surface area contributed by atoms with E-state index in [9.17, 15) is 14.0 Å². The van der Waals surface area contributed by atoms with Gasteiger partial charge in [-0.3, -0.25) is 4.79 Å². The number of phenolic OH excluding ortho intramolecular Hbond substituents is 1. The van der Waals surface area contributed by atoms with Gasteiger partial charge < -0.3 is 15.5 Å². The molecule has 108 valence electrons. The predicted molar refractivity (Wildman–Crippen MR) is 74.4 cm³/mol. The molecule has 3 N–H and O–H groups in total. The molecule has 5 nitrogen and oxygen atoms in total. The van der Waals surface area contributed by atoms with E-state index in [-0.39, 0.29) is 27.6 Å². The molecule has 2 aromatic rings. The first-order chi connectivity index (χ1) is 9.90. The smallest absolute Gasteiger partial charge is 0.337 e. The van der Waals surface area contributed by atoms with Crippen molar-refractivity contribution in [3.05, 3.63) is 58.4 Å². The highest BCUT2D eigenvalue weighted by Crippen LogP contribution is 2.27. The van der Waals surface area contributed by atoms with Crippen LogP contribution in [0, 0.1) is 5.82 Å². The fourth-order valence-electron chi connectivity index (χ4n) is 1.70. The Balaban J connectivity index is 2.38. The number of carbonyl (C=O) groups is 2.